The van der Waals surface area contributed by atoms with Gasteiger partial charge >= 0.3 is 5.69 Å². The maximum atomic E-state index is 13.4. The number of hydrogen-bond acceptors (Lipinski definition) is 3. The summed E-state index contributed by atoms with van der Waals surface area (Å²) in [5, 5.41) is 4.25. The largest absolute Gasteiger partial charge is 0.333 e. The molecule has 1 aromatic carbocycles. The van der Waals surface area contributed by atoms with Crippen molar-refractivity contribution < 1.29 is 0 Å². The topological polar surface area (TPSA) is 57.1 Å². The number of hydrogen-bond donors (Lipinski definition) is 0. The van der Waals surface area contributed by atoms with Crippen LogP contribution in [-0.2, 0) is 6.54 Å². The fraction of sp³-hybridized carbons (Fsp3) is 0.286. The molecule has 0 bridgehead atoms. The van der Waals surface area contributed by atoms with Gasteiger partial charge in [0, 0.05) is 24.0 Å². The number of nitrogens with zero attached hydrogens (tertiary/aromatic N) is 5. The Kier molecular flexibility index (Phi) is 3.70. The number of fused-ring (bicyclic) bond motifs is 1. The average Bonchev–Trinajstić information content (AvgIpc) is 3.21. The van der Waals surface area contributed by atoms with E-state index in [1.54, 1.807) is 4.52 Å². The lowest BCUT2D eigenvalue weighted by molar-refractivity contribution is 0.272. The van der Waals surface area contributed by atoms with Gasteiger partial charge in [-0.05, 0) is 49.9 Å². The summed E-state index contributed by atoms with van der Waals surface area (Å²) in [7, 11) is 0. The van der Waals surface area contributed by atoms with Crippen LogP contribution in [0.15, 0.2) is 59.8 Å². The Morgan fingerprint density at radius 3 is 2.67 bits per heavy atom. The van der Waals surface area contributed by atoms with Crippen LogP contribution in [0.5, 0.6) is 0 Å². The van der Waals surface area contributed by atoms with E-state index in [1.807, 2.05) is 64.7 Å². The Hall–Kier alpha value is -3.15. The first kappa shape index (κ1) is 16.1. The van der Waals surface area contributed by atoms with E-state index in [9.17, 15) is 4.79 Å². The van der Waals surface area contributed by atoms with Gasteiger partial charge in [-0.2, -0.15) is 5.10 Å². The van der Waals surface area contributed by atoms with E-state index in [2.05, 4.69) is 10.1 Å². The summed E-state index contributed by atoms with van der Waals surface area (Å²) in [6, 6.07) is 13.8. The van der Waals surface area contributed by atoms with Crippen LogP contribution in [-0.4, -0.2) is 23.7 Å². The smallest absolute Gasteiger partial charge is 0.295 e. The Morgan fingerprint density at radius 2 is 1.93 bits per heavy atom. The fourth-order valence-corrected chi connectivity index (χ4v) is 3.91. The van der Waals surface area contributed by atoms with Gasteiger partial charge in [-0.3, -0.25) is 9.13 Å². The van der Waals surface area contributed by atoms with E-state index in [-0.39, 0.29) is 5.69 Å². The number of para-hydroxylation sites is 1. The first-order chi connectivity index (χ1) is 13.2. The summed E-state index contributed by atoms with van der Waals surface area (Å²) in [6.45, 7) is 2.84. The van der Waals surface area contributed by atoms with Crippen LogP contribution in [0.25, 0.3) is 22.6 Å². The third-order valence-corrected chi connectivity index (χ3v) is 5.62. The van der Waals surface area contributed by atoms with Gasteiger partial charge < -0.3 is 0 Å². The number of pyridine rings is 1. The lowest BCUT2D eigenvalue weighted by Crippen LogP contribution is -2.29. The molecule has 1 aliphatic rings. The molecule has 136 valence electrons. The molecule has 5 rings (SSSR count). The van der Waals surface area contributed by atoms with Crippen LogP contribution < -0.4 is 5.69 Å². The molecule has 1 saturated carbocycles. The third kappa shape index (κ3) is 2.60. The summed E-state index contributed by atoms with van der Waals surface area (Å²) < 4.78 is 5.52. The minimum atomic E-state index is 0.0271. The molecule has 0 saturated heterocycles. The fourth-order valence-electron chi connectivity index (χ4n) is 3.91. The van der Waals surface area contributed by atoms with Gasteiger partial charge in [0.15, 0.2) is 5.65 Å². The van der Waals surface area contributed by atoms with Crippen LogP contribution in [0.2, 0.25) is 0 Å². The molecule has 3 aromatic heterocycles. The molecule has 0 atom stereocenters. The number of aromatic nitrogens is 5. The van der Waals surface area contributed by atoms with Gasteiger partial charge in [0.05, 0.1) is 11.4 Å². The maximum Gasteiger partial charge on any atom is 0.333 e. The molecule has 27 heavy (non-hydrogen) atoms. The van der Waals surface area contributed by atoms with Gasteiger partial charge in [-0.25, -0.2) is 14.3 Å². The zero-order chi connectivity index (χ0) is 18.4. The minimum Gasteiger partial charge on any atom is -0.295 e. The molecule has 3 heterocycles. The quantitative estimate of drug-likeness (QED) is 0.561. The molecular weight excluding hydrogens is 338 g/mol. The number of rotatable bonds is 4. The predicted octanol–water partition coefficient (Wildman–Crippen LogP) is 3.46. The Bertz CT molecular complexity index is 1160. The first-order valence-corrected chi connectivity index (χ1v) is 9.39. The lowest BCUT2D eigenvalue weighted by atomic mass is 9.85. The van der Waals surface area contributed by atoms with Crippen molar-refractivity contribution in [1.82, 2.24) is 23.7 Å². The van der Waals surface area contributed by atoms with Crippen molar-refractivity contribution >= 4 is 5.65 Å². The molecule has 0 spiro atoms. The van der Waals surface area contributed by atoms with Crippen LogP contribution in [0.3, 0.4) is 0 Å². The maximum absolute atomic E-state index is 13.4. The van der Waals surface area contributed by atoms with Gasteiger partial charge in [0.2, 0.25) is 0 Å². The molecular formula is C21H21N5O. The average molecular weight is 359 g/mol. The zero-order valence-corrected chi connectivity index (χ0v) is 15.2. The summed E-state index contributed by atoms with van der Waals surface area (Å²) in [6.07, 6.45) is 7.17. The van der Waals surface area contributed by atoms with E-state index in [1.165, 1.54) is 25.6 Å². The van der Waals surface area contributed by atoms with E-state index >= 15 is 0 Å². The molecule has 0 aliphatic heterocycles. The van der Waals surface area contributed by atoms with Crippen LogP contribution >= 0.6 is 0 Å². The van der Waals surface area contributed by atoms with Crippen molar-refractivity contribution in [3.63, 3.8) is 0 Å². The van der Waals surface area contributed by atoms with Crippen molar-refractivity contribution in [1.29, 1.82) is 0 Å². The van der Waals surface area contributed by atoms with Crippen molar-refractivity contribution in [2.75, 3.05) is 0 Å². The van der Waals surface area contributed by atoms with Crippen molar-refractivity contribution in [2.45, 2.75) is 32.7 Å². The molecule has 6 nitrogen and oxygen atoms in total. The first-order valence-electron chi connectivity index (χ1n) is 9.39. The van der Waals surface area contributed by atoms with E-state index in [0.717, 1.165) is 34.8 Å². The number of imidazole rings is 1. The van der Waals surface area contributed by atoms with Gasteiger partial charge in [0.25, 0.3) is 0 Å². The highest BCUT2D eigenvalue weighted by atomic mass is 16.1. The predicted molar refractivity (Wildman–Crippen MR) is 104 cm³/mol. The normalized spacial score (nSPS) is 14.6. The zero-order valence-electron chi connectivity index (χ0n) is 15.2. The SMILES string of the molecule is Cc1c(-c2ccc3ncnn3c2)n(-c2ccccc2)c(=O)n1CC1CCC1. The van der Waals surface area contributed by atoms with E-state index in [0.29, 0.717) is 5.92 Å². The highest BCUT2D eigenvalue weighted by Gasteiger charge is 2.24. The second-order valence-corrected chi connectivity index (χ2v) is 7.28. The van der Waals surface area contributed by atoms with Crippen LogP contribution in [0.1, 0.15) is 25.0 Å². The van der Waals surface area contributed by atoms with Gasteiger partial charge in [-0.15, -0.1) is 0 Å². The standard InChI is InChI=1S/C21H21N5O/c1-15-20(17-10-11-19-22-14-23-25(19)13-17)26(18-8-3-2-4-9-18)21(27)24(15)12-16-6-5-7-16/h2-4,8-11,13-14,16H,5-7,12H2,1H3. The monoisotopic (exact) mass is 359 g/mol. The molecule has 0 radical (unpaired) electrons. The molecule has 0 unspecified atom stereocenters. The Labute approximate surface area is 156 Å². The van der Waals surface area contributed by atoms with Crippen LogP contribution in [0, 0.1) is 12.8 Å². The number of benzene rings is 1. The summed E-state index contributed by atoms with van der Waals surface area (Å²) >= 11 is 0. The molecule has 6 heteroatoms. The van der Waals surface area contributed by atoms with Crippen molar-refractivity contribution in [3.05, 3.63) is 71.2 Å². The summed E-state index contributed by atoms with van der Waals surface area (Å²) in [5.41, 5.74) is 4.57. The molecule has 0 N–H and O–H groups in total. The highest BCUT2D eigenvalue weighted by Crippen LogP contribution is 2.30. The Morgan fingerprint density at radius 1 is 1.11 bits per heavy atom. The van der Waals surface area contributed by atoms with Crippen molar-refractivity contribution in [2.24, 2.45) is 5.92 Å². The highest BCUT2D eigenvalue weighted by molar-refractivity contribution is 5.66. The lowest BCUT2D eigenvalue weighted by Gasteiger charge is -2.25. The van der Waals surface area contributed by atoms with Crippen molar-refractivity contribution in [3.8, 4) is 16.9 Å². The second-order valence-electron chi connectivity index (χ2n) is 7.28. The van der Waals surface area contributed by atoms with Gasteiger partial charge in [-0.1, -0.05) is 24.6 Å². The molecule has 4 aromatic rings. The van der Waals surface area contributed by atoms with Crippen LogP contribution in [0.4, 0.5) is 0 Å². The molecule has 1 fully saturated rings. The summed E-state index contributed by atoms with van der Waals surface area (Å²) in [5.74, 6) is 0.610. The van der Waals surface area contributed by atoms with E-state index in [4.69, 9.17) is 0 Å². The third-order valence-electron chi connectivity index (χ3n) is 5.62. The Balaban J connectivity index is 1.74. The van der Waals surface area contributed by atoms with Gasteiger partial charge in [0.1, 0.15) is 6.33 Å². The van der Waals surface area contributed by atoms with E-state index < -0.39 is 0 Å². The second kappa shape index (κ2) is 6.23. The summed E-state index contributed by atoms with van der Waals surface area (Å²) in [4.78, 5) is 17.6. The molecule has 0 amide bonds. The minimum absolute atomic E-state index is 0.0271. The molecule has 1 aliphatic carbocycles.